The SMILES string of the molecule is O=C(Nc1cccc2cccnc12)C1(S(=O)(=O)c2ccccc2)CCCC1. The molecule has 1 saturated carbocycles. The first-order chi connectivity index (χ1) is 13.0. The van der Waals surface area contributed by atoms with Crippen molar-refractivity contribution < 1.29 is 13.2 Å². The minimum absolute atomic E-state index is 0.193. The number of sulfone groups is 1. The number of rotatable bonds is 4. The number of carbonyl (C=O) groups is 1. The molecule has 1 aromatic heterocycles. The third kappa shape index (κ3) is 2.90. The van der Waals surface area contributed by atoms with Gasteiger partial charge in [0.2, 0.25) is 5.91 Å². The zero-order valence-electron chi connectivity index (χ0n) is 14.8. The lowest BCUT2D eigenvalue weighted by atomic mass is 10.1. The maximum Gasteiger partial charge on any atom is 0.246 e. The van der Waals surface area contributed by atoms with Crippen LogP contribution in [0.4, 0.5) is 5.69 Å². The molecule has 138 valence electrons. The van der Waals surface area contributed by atoms with Crippen LogP contribution >= 0.6 is 0 Å². The molecule has 1 aliphatic carbocycles. The van der Waals surface area contributed by atoms with Gasteiger partial charge in [0.15, 0.2) is 14.6 Å². The molecule has 0 unspecified atom stereocenters. The van der Waals surface area contributed by atoms with Crippen LogP contribution in [0.3, 0.4) is 0 Å². The molecule has 0 aliphatic heterocycles. The Bertz CT molecular complexity index is 1080. The highest BCUT2D eigenvalue weighted by Gasteiger charge is 2.53. The van der Waals surface area contributed by atoms with Gasteiger partial charge < -0.3 is 5.32 Å². The lowest BCUT2D eigenvalue weighted by molar-refractivity contribution is -0.118. The highest BCUT2D eigenvalue weighted by molar-refractivity contribution is 7.93. The summed E-state index contributed by atoms with van der Waals surface area (Å²) in [7, 11) is -3.81. The van der Waals surface area contributed by atoms with Gasteiger partial charge in [-0.1, -0.05) is 49.2 Å². The van der Waals surface area contributed by atoms with Crippen LogP contribution in [0, 0.1) is 0 Å². The van der Waals surface area contributed by atoms with Crippen molar-refractivity contribution in [2.24, 2.45) is 0 Å². The predicted molar refractivity (Wildman–Crippen MR) is 105 cm³/mol. The molecule has 4 rings (SSSR count). The summed E-state index contributed by atoms with van der Waals surface area (Å²) in [5.74, 6) is -0.470. The molecule has 0 radical (unpaired) electrons. The third-order valence-electron chi connectivity index (χ3n) is 5.27. The Hall–Kier alpha value is -2.73. The number of aromatic nitrogens is 1. The Morgan fingerprint density at radius 3 is 2.37 bits per heavy atom. The van der Waals surface area contributed by atoms with Crippen molar-refractivity contribution >= 4 is 32.3 Å². The molecule has 0 bridgehead atoms. The average molecular weight is 380 g/mol. The quantitative estimate of drug-likeness (QED) is 0.743. The van der Waals surface area contributed by atoms with Crippen LogP contribution in [0.5, 0.6) is 0 Å². The van der Waals surface area contributed by atoms with E-state index in [-0.39, 0.29) is 4.90 Å². The number of fused-ring (bicyclic) bond motifs is 1. The van der Waals surface area contributed by atoms with Crippen LogP contribution in [0.25, 0.3) is 10.9 Å². The normalized spacial score (nSPS) is 16.3. The monoisotopic (exact) mass is 380 g/mol. The van der Waals surface area contributed by atoms with E-state index in [1.807, 2.05) is 24.3 Å². The molecule has 0 spiro atoms. The summed E-state index contributed by atoms with van der Waals surface area (Å²) in [4.78, 5) is 17.8. The fourth-order valence-corrected chi connectivity index (χ4v) is 5.92. The van der Waals surface area contributed by atoms with Gasteiger partial charge in [-0.05, 0) is 37.1 Å². The van der Waals surface area contributed by atoms with Crippen molar-refractivity contribution in [1.82, 2.24) is 4.98 Å². The molecule has 1 amide bonds. The predicted octanol–water partition coefficient (Wildman–Crippen LogP) is 3.96. The van der Waals surface area contributed by atoms with Crippen LogP contribution < -0.4 is 5.32 Å². The van der Waals surface area contributed by atoms with Gasteiger partial charge in [0.25, 0.3) is 0 Å². The van der Waals surface area contributed by atoms with Crippen molar-refractivity contribution in [3.05, 3.63) is 66.9 Å². The minimum Gasteiger partial charge on any atom is -0.323 e. The van der Waals surface area contributed by atoms with E-state index >= 15 is 0 Å². The van der Waals surface area contributed by atoms with E-state index in [2.05, 4.69) is 10.3 Å². The number of benzene rings is 2. The highest BCUT2D eigenvalue weighted by atomic mass is 32.2. The summed E-state index contributed by atoms with van der Waals surface area (Å²) in [6.45, 7) is 0. The second kappa shape index (κ2) is 6.78. The lowest BCUT2D eigenvalue weighted by Crippen LogP contribution is -2.47. The summed E-state index contributed by atoms with van der Waals surface area (Å²) in [6, 6.07) is 17.5. The molecular formula is C21H20N2O3S. The summed E-state index contributed by atoms with van der Waals surface area (Å²) in [5.41, 5.74) is 1.19. The molecule has 3 aromatic rings. The van der Waals surface area contributed by atoms with Gasteiger partial charge in [0, 0.05) is 11.6 Å². The summed E-state index contributed by atoms with van der Waals surface area (Å²) in [5, 5.41) is 3.75. The van der Waals surface area contributed by atoms with Crippen molar-refractivity contribution in [2.75, 3.05) is 5.32 Å². The number of para-hydroxylation sites is 1. The molecule has 1 N–H and O–H groups in total. The fraction of sp³-hybridized carbons (Fsp3) is 0.238. The van der Waals surface area contributed by atoms with Crippen molar-refractivity contribution in [3.8, 4) is 0 Å². The van der Waals surface area contributed by atoms with Gasteiger partial charge >= 0.3 is 0 Å². The Labute approximate surface area is 158 Å². The minimum atomic E-state index is -3.81. The van der Waals surface area contributed by atoms with Crippen LogP contribution in [-0.2, 0) is 14.6 Å². The Balaban J connectivity index is 1.75. The largest absolute Gasteiger partial charge is 0.323 e. The number of hydrogen-bond acceptors (Lipinski definition) is 4. The molecule has 0 atom stereocenters. The molecule has 6 heteroatoms. The molecule has 1 aliphatic rings. The topological polar surface area (TPSA) is 76.1 Å². The molecule has 0 saturated heterocycles. The van der Waals surface area contributed by atoms with E-state index in [0.29, 0.717) is 36.9 Å². The first kappa shape index (κ1) is 17.7. The molecule has 1 fully saturated rings. The number of pyridine rings is 1. The van der Waals surface area contributed by atoms with E-state index in [0.717, 1.165) is 5.39 Å². The van der Waals surface area contributed by atoms with Gasteiger partial charge in [-0.15, -0.1) is 0 Å². The summed E-state index contributed by atoms with van der Waals surface area (Å²) >= 11 is 0. The second-order valence-corrected chi connectivity index (χ2v) is 9.11. The highest BCUT2D eigenvalue weighted by Crippen LogP contribution is 2.41. The smallest absolute Gasteiger partial charge is 0.246 e. The molecule has 27 heavy (non-hydrogen) atoms. The Morgan fingerprint density at radius 1 is 0.926 bits per heavy atom. The van der Waals surface area contributed by atoms with Crippen LogP contribution in [-0.4, -0.2) is 24.1 Å². The third-order valence-corrected chi connectivity index (χ3v) is 7.79. The van der Waals surface area contributed by atoms with E-state index in [4.69, 9.17) is 0 Å². The maximum absolute atomic E-state index is 13.4. The molecular weight excluding hydrogens is 360 g/mol. The van der Waals surface area contributed by atoms with Gasteiger partial charge in [0.05, 0.1) is 16.1 Å². The molecule has 2 aromatic carbocycles. The zero-order valence-corrected chi connectivity index (χ0v) is 15.6. The number of carbonyl (C=O) groups excluding carboxylic acids is 1. The van der Waals surface area contributed by atoms with E-state index in [1.165, 1.54) is 0 Å². The van der Waals surface area contributed by atoms with Gasteiger partial charge in [0.1, 0.15) is 0 Å². The standard InChI is InChI=1S/C21H20N2O3S/c24-20(23-18-12-6-8-16-9-7-15-22-19(16)18)21(13-4-5-14-21)27(25,26)17-10-2-1-3-11-17/h1-3,6-12,15H,4-5,13-14H2,(H,23,24). The Morgan fingerprint density at radius 2 is 1.63 bits per heavy atom. The van der Waals surface area contributed by atoms with E-state index in [1.54, 1.807) is 42.6 Å². The van der Waals surface area contributed by atoms with Crippen molar-refractivity contribution in [1.29, 1.82) is 0 Å². The van der Waals surface area contributed by atoms with Crippen LogP contribution in [0.2, 0.25) is 0 Å². The zero-order chi connectivity index (χ0) is 18.9. The molecule has 1 heterocycles. The number of amides is 1. The van der Waals surface area contributed by atoms with E-state index < -0.39 is 20.5 Å². The van der Waals surface area contributed by atoms with Crippen LogP contribution in [0.1, 0.15) is 25.7 Å². The van der Waals surface area contributed by atoms with Crippen molar-refractivity contribution in [3.63, 3.8) is 0 Å². The maximum atomic E-state index is 13.4. The number of nitrogens with zero attached hydrogens (tertiary/aromatic N) is 1. The fourth-order valence-electron chi connectivity index (χ4n) is 3.83. The number of hydrogen-bond donors (Lipinski definition) is 1. The first-order valence-electron chi connectivity index (χ1n) is 8.99. The van der Waals surface area contributed by atoms with Gasteiger partial charge in [-0.3, -0.25) is 9.78 Å². The number of anilines is 1. The second-order valence-electron chi connectivity index (χ2n) is 6.85. The van der Waals surface area contributed by atoms with E-state index in [9.17, 15) is 13.2 Å². The van der Waals surface area contributed by atoms with Gasteiger partial charge in [-0.25, -0.2) is 8.42 Å². The molecule has 5 nitrogen and oxygen atoms in total. The summed E-state index contributed by atoms with van der Waals surface area (Å²) < 4.78 is 25.3. The summed E-state index contributed by atoms with van der Waals surface area (Å²) in [6.07, 6.45) is 3.74. The first-order valence-corrected chi connectivity index (χ1v) is 10.5. The average Bonchev–Trinajstić information content (AvgIpc) is 3.21. The Kier molecular flexibility index (Phi) is 4.44. The lowest BCUT2D eigenvalue weighted by Gasteiger charge is -2.27. The van der Waals surface area contributed by atoms with Crippen molar-refractivity contribution in [2.45, 2.75) is 35.3 Å². The van der Waals surface area contributed by atoms with Gasteiger partial charge in [-0.2, -0.15) is 0 Å². The number of nitrogens with one attached hydrogen (secondary N) is 1. The van der Waals surface area contributed by atoms with Crippen LogP contribution in [0.15, 0.2) is 71.8 Å².